The number of hydrogen-bond donors (Lipinski definition) is 0. The minimum Gasteiger partial charge on any atom is -0.484 e. The summed E-state index contributed by atoms with van der Waals surface area (Å²) in [7, 11) is 0. The van der Waals surface area contributed by atoms with Gasteiger partial charge in [-0.1, -0.05) is 12.1 Å². The van der Waals surface area contributed by atoms with Crippen molar-refractivity contribution in [2.75, 3.05) is 6.61 Å². The van der Waals surface area contributed by atoms with Crippen LogP contribution in [0.15, 0.2) is 59.1 Å². The molecule has 3 rings (SSSR count). The van der Waals surface area contributed by atoms with Gasteiger partial charge in [-0.05, 0) is 72.2 Å². The number of Topliss-reactive ketones (excluding diaryl/α,β-unsaturated/α-hetero) is 1. The van der Waals surface area contributed by atoms with Crippen LogP contribution in [0.1, 0.15) is 21.7 Å². The van der Waals surface area contributed by atoms with Gasteiger partial charge >= 0.3 is 0 Å². The molecule has 0 atom stereocenters. The maximum atomic E-state index is 13.1. The summed E-state index contributed by atoms with van der Waals surface area (Å²) in [6.45, 7) is 3.75. The molecule has 0 amide bonds. The van der Waals surface area contributed by atoms with Gasteiger partial charge in [0.1, 0.15) is 11.6 Å². The standard InChI is InChI=1S/C20H17BrFNO2/c1-13-11-17(14(2)23(13)16-9-7-15(22)8-10-16)19(24)12-25-20-6-4-3-5-18(20)21/h3-11H,12H2,1-2H3. The Kier molecular flexibility index (Phi) is 5.04. The molecule has 0 bridgehead atoms. The van der Waals surface area contributed by atoms with Crippen LogP contribution in [0, 0.1) is 19.7 Å². The Hall–Kier alpha value is -2.40. The zero-order valence-corrected chi connectivity index (χ0v) is 15.5. The van der Waals surface area contributed by atoms with Crippen LogP contribution in [0.25, 0.3) is 5.69 Å². The average Bonchev–Trinajstić information content (AvgIpc) is 2.89. The summed E-state index contributed by atoms with van der Waals surface area (Å²) in [4.78, 5) is 12.6. The number of carbonyl (C=O) groups is 1. The van der Waals surface area contributed by atoms with E-state index in [2.05, 4.69) is 15.9 Å². The molecule has 1 heterocycles. The number of carbonyl (C=O) groups excluding carboxylic acids is 1. The third kappa shape index (κ3) is 3.66. The molecule has 3 aromatic rings. The van der Waals surface area contributed by atoms with E-state index < -0.39 is 0 Å². The maximum absolute atomic E-state index is 13.1. The molecule has 0 saturated carbocycles. The van der Waals surface area contributed by atoms with Gasteiger partial charge < -0.3 is 9.30 Å². The molecule has 0 aliphatic carbocycles. The highest BCUT2D eigenvalue weighted by Crippen LogP contribution is 2.25. The van der Waals surface area contributed by atoms with Gasteiger partial charge in [0.05, 0.1) is 4.47 Å². The molecule has 0 radical (unpaired) electrons. The van der Waals surface area contributed by atoms with Gasteiger partial charge in [0.15, 0.2) is 6.61 Å². The summed E-state index contributed by atoms with van der Waals surface area (Å²) in [5.41, 5.74) is 3.15. The van der Waals surface area contributed by atoms with Crippen molar-refractivity contribution < 1.29 is 13.9 Å². The average molecular weight is 402 g/mol. The van der Waals surface area contributed by atoms with Crippen LogP contribution in [-0.4, -0.2) is 17.0 Å². The van der Waals surface area contributed by atoms with Crippen molar-refractivity contribution in [2.24, 2.45) is 0 Å². The van der Waals surface area contributed by atoms with E-state index in [1.165, 1.54) is 12.1 Å². The number of rotatable bonds is 5. The zero-order valence-electron chi connectivity index (χ0n) is 13.9. The van der Waals surface area contributed by atoms with Crippen LogP contribution >= 0.6 is 15.9 Å². The van der Waals surface area contributed by atoms with Crippen LogP contribution < -0.4 is 4.74 Å². The monoisotopic (exact) mass is 401 g/mol. The summed E-state index contributed by atoms with van der Waals surface area (Å²) in [5.74, 6) is 0.241. The normalized spacial score (nSPS) is 10.7. The lowest BCUT2D eigenvalue weighted by Crippen LogP contribution is -2.13. The summed E-state index contributed by atoms with van der Waals surface area (Å²) < 4.78 is 21.5. The number of para-hydroxylation sites is 1. The smallest absolute Gasteiger partial charge is 0.202 e. The fraction of sp³-hybridized carbons (Fsp3) is 0.150. The second kappa shape index (κ2) is 7.23. The topological polar surface area (TPSA) is 31.2 Å². The SMILES string of the molecule is Cc1cc(C(=O)COc2ccccc2Br)c(C)n1-c1ccc(F)cc1. The summed E-state index contributed by atoms with van der Waals surface area (Å²) in [6.07, 6.45) is 0. The number of ketones is 1. The van der Waals surface area contributed by atoms with E-state index >= 15 is 0 Å². The highest BCUT2D eigenvalue weighted by molar-refractivity contribution is 9.10. The fourth-order valence-electron chi connectivity index (χ4n) is 2.82. The van der Waals surface area contributed by atoms with E-state index in [0.29, 0.717) is 11.3 Å². The lowest BCUT2D eigenvalue weighted by atomic mass is 10.1. The molecule has 0 N–H and O–H groups in total. The van der Waals surface area contributed by atoms with Gasteiger partial charge in [-0.2, -0.15) is 0 Å². The van der Waals surface area contributed by atoms with Crippen molar-refractivity contribution in [3.05, 3.63) is 81.8 Å². The van der Waals surface area contributed by atoms with Gasteiger partial charge in [0.25, 0.3) is 0 Å². The lowest BCUT2D eigenvalue weighted by Gasteiger charge is -2.10. The molecule has 5 heteroatoms. The number of halogens is 2. The number of hydrogen-bond acceptors (Lipinski definition) is 2. The minimum atomic E-state index is -0.288. The second-order valence-electron chi connectivity index (χ2n) is 5.74. The molecule has 0 aliphatic heterocycles. The van der Waals surface area contributed by atoms with Crippen LogP contribution in [-0.2, 0) is 0 Å². The van der Waals surface area contributed by atoms with E-state index in [9.17, 15) is 9.18 Å². The molecule has 0 spiro atoms. The number of aryl methyl sites for hydroxylation is 1. The van der Waals surface area contributed by atoms with E-state index in [1.807, 2.05) is 42.7 Å². The first-order valence-electron chi connectivity index (χ1n) is 7.83. The van der Waals surface area contributed by atoms with Gasteiger partial charge in [-0.25, -0.2) is 4.39 Å². The molecule has 0 unspecified atom stereocenters. The molecule has 3 nitrogen and oxygen atoms in total. The first-order chi connectivity index (χ1) is 12.0. The molecule has 2 aromatic carbocycles. The van der Waals surface area contributed by atoms with Crippen LogP contribution in [0.4, 0.5) is 4.39 Å². The van der Waals surface area contributed by atoms with Crippen LogP contribution in [0.3, 0.4) is 0 Å². The first kappa shape index (κ1) is 17.4. The highest BCUT2D eigenvalue weighted by atomic mass is 79.9. The van der Waals surface area contributed by atoms with E-state index in [4.69, 9.17) is 4.74 Å². The van der Waals surface area contributed by atoms with Gasteiger partial charge in [-0.3, -0.25) is 4.79 Å². The summed E-state index contributed by atoms with van der Waals surface area (Å²) in [6, 6.07) is 15.4. The highest BCUT2D eigenvalue weighted by Gasteiger charge is 2.17. The van der Waals surface area contributed by atoms with Crippen molar-refractivity contribution in [1.29, 1.82) is 0 Å². The summed E-state index contributed by atoms with van der Waals surface area (Å²) in [5, 5.41) is 0. The van der Waals surface area contributed by atoms with Crippen molar-refractivity contribution in [1.82, 2.24) is 4.57 Å². The largest absolute Gasteiger partial charge is 0.484 e. The molecule has 0 aliphatic rings. The Morgan fingerprint density at radius 2 is 1.80 bits per heavy atom. The molecular formula is C20H17BrFNO2. The van der Waals surface area contributed by atoms with Crippen molar-refractivity contribution in [3.8, 4) is 11.4 Å². The predicted octanol–water partition coefficient (Wildman–Crippen LogP) is 5.26. The Morgan fingerprint density at radius 1 is 1.12 bits per heavy atom. The van der Waals surface area contributed by atoms with Crippen LogP contribution in [0.2, 0.25) is 0 Å². The van der Waals surface area contributed by atoms with E-state index in [0.717, 1.165) is 21.5 Å². The summed E-state index contributed by atoms with van der Waals surface area (Å²) >= 11 is 3.40. The van der Waals surface area contributed by atoms with Crippen molar-refractivity contribution >= 4 is 21.7 Å². The van der Waals surface area contributed by atoms with E-state index in [1.54, 1.807) is 18.2 Å². The predicted molar refractivity (Wildman–Crippen MR) is 99.2 cm³/mol. The third-order valence-electron chi connectivity index (χ3n) is 4.01. The second-order valence-corrected chi connectivity index (χ2v) is 6.59. The van der Waals surface area contributed by atoms with Gasteiger partial charge in [0.2, 0.25) is 5.78 Å². The molecule has 25 heavy (non-hydrogen) atoms. The Labute approximate surface area is 154 Å². The number of aromatic nitrogens is 1. The Morgan fingerprint density at radius 3 is 2.48 bits per heavy atom. The lowest BCUT2D eigenvalue weighted by molar-refractivity contribution is 0.0920. The Balaban J connectivity index is 1.83. The number of ether oxygens (including phenoxy) is 1. The molecule has 128 valence electrons. The molecule has 0 saturated heterocycles. The molecule has 1 aromatic heterocycles. The maximum Gasteiger partial charge on any atom is 0.202 e. The number of benzene rings is 2. The quantitative estimate of drug-likeness (QED) is 0.546. The fourth-order valence-corrected chi connectivity index (χ4v) is 3.21. The minimum absolute atomic E-state index is 0.0453. The Bertz CT molecular complexity index is 916. The first-order valence-corrected chi connectivity index (χ1v) is 8.62. The molecular weight excluding hydrogens is 385 g/mol. The van der Waals surface area contributed by atoms with Crippen LogP contribution in [0.5, 0.6) is 5.75 Å². The number of nitrogens with zero attached hydrogens (tertiary/aromatic N) is 1. The van der Waals surface area contributed by atoms with Gasteiger partial charge in [-0.15, -0.1) is 0 Å². The van der Waals surface area contributed by atoms with E-state index in [-0.39, 0.29) is 18.2 Å². The van der Waals surface area contributed by atoms with Gasteiger partial charge in [0, 0.05) is 22.6 Å². The van der Waals surface area contributed by atoms with Crippen molar-refractivity contribution in [2.45, 2.75) is 13.8 Å². The zero-order chi connectivity index (χ0) is 18.0. The molecule has 0 fully saturated rings. The van der Waals surface area contributed by atoms with Crippen molar-refractivity contribution in [3.63, 3.8) is 0 Å². The third-order valence-corrected chi connectivity index (χ3v) is 4.67.